The van der Waals surface area contributed by atoms with Gasteiger partial charge in [0.05, 0.1) is 13.2 Å². The van der Waals surface area contributed by atoms with Crippen LogP contribution in [0.1, 0.15) is 30.2 Å². The average Bonchev–Trinajstić information content (AvgIpc) is 2.52. The van der Waals surface area contributed by atoms with Crippen LogP contribution in [0.4, 0.5) is 4.39 Å². The lowest BCUT2D eigenvalue weighted by molar-refractivity contribution is 0.170. The van der Waals surface area contributed by atoms with Crippen molar-refractivity contribution < 1.29 is 14.2 Å². The first-order valence-electron chi connectivity index (χ1n) is 6.91. The molecule has 2 N–H and O–H groups in total. The zero-order valence-corrected chi connectivity index (χ0v) is 12.2. The van der Waals surface area contributed by atoms with Gasteiger partial charge in [0.2, 0.25) is 0 Å². The Labute approximate surface area is 124 Å². The monoisotopic (exact) mass is 289 g/mol. The highest BCUT2D eigenvalue weighted by Gasteiger charge is 2.11. The standard InChI is InChI=1S/C17H20FNO2/c1-12(14-4-3-5-15(18)10-14)19-11-17(20)13-6-8-16(21-2)9-7-13/h3-10,12,17,19-20H,11H2,1-2H3. The minimum Gasteiger partial charge on any atom is -0.497 e. The minimum atomic E-state index is -0.619. The Balaban J connectivity index is 1.92. The molecular formula is C17H20FNO2. The first kappa shape index (κ1) is 15.5. The normalized spacial score (nSPS) is 13.7. The van der Waals surface area contributed by atoms with E-state index in [1.165, 1.54) is 12.1 Å². The molecule has 0 saturated carbocycles. The van der Waals surface area contributed by atoms with E-state index in [9.17, 15) is 9.50 Å². The quantitative estimate of drug-likeness (QED) is 0.858. The molecule has 2 aromatic carbocycles. The van der Waals surface area contributed by atoms with Crippen molar-refractivity contribution in [2.45, 2.75) is 19.1 Å². The van der Waals surface area contributed by atoms with Crippen molar-refractivity contribution in [1.29, 1.82) is 0 Å². The van der Waals surface area contributed by atoms with Gasteiger partial charge < -0.3 is 15.2 Å². The molecule has 0 aliphatic heterocycles. The fraction of sp³-hybridized carbons (Fsp3) is 0.294. The van der Waals surface area contributed by atoms with Gasteiger partial charge in [-0.2, -0.15) is 0 Å². The summed E-state index contributed by atoms with van der Waals surface area (Å²) in [5.74, 6) is 0.504. The molecule has 2 aromatic rings. The molecule has 0 radical (unpaired) electrons. The van der Waals surface area contributed by atoms with Crippen LogP contribution in [-0.2, 0) is 0 Å². The molecular weight excluding hydrogens is 269 g/mol. The second kappa shape index (κ2) is 7.20. The number of ether oxygens (including phenoxy) is 1. The third-order valence-electron chi connectivity index (χ3n) is 3.47. The van der Waals surface area contributed by atoms with Crippen molar-refractivity contribution in [3.63, 3.8) is 0 Å². The molecule has 2 unspecified atom stereocenters. The summed E-state index contributed by atoms with van der Waals surface area (Å²) in [6.45, 7) is 2.33. The molecule has 0 amide bonds. The van der Waals surface area contributed by atoms with Gasteiger partial charge in [-0.1, -0.05) is 24.3 Å². The molecule has 0 aromatic heterocycles. The molecule has 3 nitrogen and oxygen atoms in total. The fourth-order valence-corrected chi connectivity index (χ4v) is 2.13. The van der Waals surface area contributed by atoms with Crippen LogP contribution in [0.3, 0.4) is 0 Å². The predicted molar refractivity (Wildman–Crippen MR) is 80.8 cm³/mol. The van der Waals surface area contributed by atoms with Crippen molar-refractivity contribution in [1.82, 2.24) is 5.32 Å². The average molecular weight is 289 g/mol. The summed E-state index contributed by atoms with van der Waals surface area (Å²) in [5, 5.41) is 13.4. The lowest BCUT2D eigenvalue weighted by Crippen LogP contribution is -2.24. The third kappa shape index (κ3) is 4.28. The van der Waals surface area contributed by atoms with E-state index < -0.39 is 6.10 Å². The van der Waals surface area contributed by atoms with E-state index in [0.29, 0.717) is 6.54 Å². The zero-order valence-electron chi connectivity index (χ0n) is 12.2. The van der Waals surface area contributed by atoms with Crippen LogP contribution < -0.4 is 10.1 Å². The molecule has 0 spiro atoms. The third-order valence-corrected chi connectivity index (χ3v) is 3.47. The Kier molecular flexibility index (Phi) is 5.31. The molecule has 0 bridgehead atoms. The number of aliphatic hydroxyl groups excluding tert-OH is 1. The Morgan fingerprint density at radius 1 is 1.14 bits per heavy atom. The highest BCUT2D eigenvalue weighted by Crippen LogP contribution is 2.19. The molecule has 0 saturated heterocycles. The van der Waals surface area contributed by atoms with E-state index in [-0.39, 0.29) is 11.9 Å². The van der Waals surface area contributed by atoms with Crippen LogP contribution in [0.2, 0.25) is 0 Å². The first-order valence-corrected chi connectivity index (χ1v) is 6.91. The van der Waals surface area contributed by atoms with Gasteiger partial charge in [0.15, 0.2) is 0 Å². The topological polar surface area (TPSA) is 41.5 Å². The highest BCUT2D eigenvalue weighted by molar-refractivity contribution is 5.28. The Morgan fingerprint density at radius 3 is 2.48 bits per heavy atom. The number of hydrogen-bond donors (Lipinski definition) is 2. The van der Waals surface area contributed by atoms with Crippen LogP contribution >= 0.6 is 0 Å². The molecule has 0 fully saturated rings. The van der Waals surface area contributed by atoms with Gasteiger partial charge in [0, 0.05) is 12.6 Å². The van der Waals surface area contributed by atoms with Crippen LogP contribution in [-0.4, -0.2) is 18.8 Å². The molecule has 0 aliphatic rings. The lowest BCUT2D eigenvalue weighted by atomic mass is 10.1. The van der Waals surface area contributed by atoms with E-state index >= 15 is 0 Å². The van der Waals surface area contributed by atoms with Crippen molar-refractivity contribution >= 4 is 0 Å². The number of benzene rings is 2. The number of halogens is 1. The number of hydrogen-bond acceptors (Lipinski definition) is 3. The molecule has 0 aliphatic carbocycles. The summed E-state index contributed by atoms with van der Waals surface area (Å²) in [4.78, 5) is 0. The maximum Gasteiger partial charge on any atom is 0.123 e. The van der Waals surface area contributed by atoms with Crippen molar-refractivity contribution in [2.24, 2.45) is 0 Å². The summed E-state index contributed by atoms with van der Waals surface area (Å²) >= 11 is 0. The number of nitrogens with one attached hydrogen (secondary N) is 1. The highest BCUT2D eigenvalue weighted by atomic mass is 19.1. The summed E-state index contributed by atoms with van der Waals surface area (Å²) in [6.07, 6.45) is -0.619. The molecule has 4 heteroatoms. The van der Waals surface area contributed by atoms with Gasteiger partial charge in [0.1, 0.15) is 11.6 Å². The maximum atomic E-state index is 13.2. The second-order valence-electron chi connectivity index (χ2n) is 4.97. The number of aliphatic hydroxyl groups is 1. The number of rotatable bonds is 6. The molecule has 2 atom stereocenters. The van der Waals surface area contributed by atoms with Gasteiger partial charge in [-0.3, -0.25) is 0 Å². The summed E-state index contributed by atoms with van der Waals surface area (Å²) in [6, 6.07) is 13.7. The van der Waals surface area contributed by atoms with E-state index in [4.69, 9.17) is 4.74 Å². The van der Waals surface area contributed by atoms with Crippen LogP contribution in [0, 0.1) is 5.82 Å². The summed E-state index contributed by atoms with van der Waals surface area (Å²) in [7, 11) is 1.60. The lowest BCUT2D eigenvalue weighted by Gasteiger charge is -2.18. The Bertz CT molecular complexity index is 571. The molecule has 0 heterocycles. The minimum absolute atomic E-state index is 0.0337. The van der Waals surface area contributed by atoms with Gasteiger partial charge in [-0.25, -0.2) is 4.39 Å². The van der Waals surface area contributed by atoms with Gasteiger partial charge in [-0.15, -0.1) is 0 Å². The first-order chi connectivity index (χ1) is 10.1. The largest absolute Gasteiger partial charge is 0.497 e. The van der Waals surface area contributed by atoms with Gasteiger partial charge in [0.25, 0.3) is 0 Å². The van der Waals surface area contributed by atoms with Crippen molar-refractivity contribution in [3.05, 3.63) is 65.5 Å². The predicted octanol–water partition coefficient (Wildman–Crippen LogP) is 3.22. The molecule has 112 valence electrons. The van der Waals surface area contributed by atoms with E-state index in [1.807, 2.05) is 37.3 Å². The van der Waals surface area contributed by atoms with Crippen molar-refractivity contribution in [3.8, 4) is 5.75 Å². The Hall–Kier alpha value is -1.91. The molecule has 2 rings (SSSR count). The SMILES string of the molecule is COc1ccc(C(O)CNC(C)c2cccc(F)c2)cc1. The zero-order chi connectivity index (χ0) is 15.2. The van der Waals surface area contributed by atoms with Gasteiger partial charge >= 0.3 is 0 Å². The second-order valence-corrected chi connectivity index (χ2v) is 4.97. The van der Waals surface area contributed by atoms with E-state index in [2.05, 4.69) is 5.32 Å². The van der Waals surface area contributed by atoms with E-state index in [1.54, 1.807) is 13.2 Å². The van der Waals surface area contributed by atoms with Crippen LogP contribution in [0.5, 0.6) is 5.75 Å². The molecule has 21 heavy (non-hydrogen) atoms. The Morgan fingerprint density at radius 2 is 1.86 bits per heavy atom. The number of methoxy groups -OCH3 is 1. The van der Waals surface area contributed by atoms with Gasteiger partial charge in [-0.05, 0) is 42.3 Å². The van der Waals surface area contributed by atoms with Crippen molar-refractivity contribution in [2.75, 3.05) is 13.7 Å². The summed E-state index contributed by atoms with van der Waals surface area (Å²) in [5.41, 5.74) is 1.67. The smallest absolute Gasteiger partial charge is 0.123 e. The van der Waals surface area contributed by atoms with Crippen LogP contribution in [0.25, 0.3) is 0 Å². The maximum absolute atomic E-state index is 13.2. The summed E-state index contributed by atoms with van der Waals surface area (Å²) < 4.78 is 18.3. The van der Waals surface area contributed by atoms with E-state index in [0.717, 1.165) is 16.9 Å². The fourth-order valence-electron chi connectivity index (χ4n) is 2.13. The van der Waals surface area contributed by atoms with Crippen LogP contribution in [0.15, 0.2) is 48.5 Å².